The van der Waals surface area contributed by atoms with Crippen molar-refractivity contribution in [2.45, 2.75) is 13.5 Å². The molecule has 1 radical (unpaired) electrons. The smallest absolute Gasteiger partial charge is 0.399 e. The van der Waals surface area contributed by atoms with Crippen LogP contribution in [0.2, 0.25) is 0 Å². The number of rotatable bonds is 3. The first kappa shape index (κ1) is 17.4. The minimum absolute atomic E-state index is 0.706. The van der Waals surface area contributed by atoms with Gasteiger partial charge in [-0.1, -0.05) is 36.4 Å². The number of aryl methyl sites for hydroxylation is 1. The second kappa shape index (κ2) is 6.74. The van der Waals surface area contributed by atoms with E-state index in [0.29, 0.717) is 5.82 Å². The van der Waals surface area contributed by atoms with Gasteiger partial charge in [-0.3, -0.25) is 9.80 Å². The van der Waals surface area contributed by atoms with E-state index in [1.165, 1.54) is 11.1 Å². The fourth-order valence-corrected chi connectivity index (χ4v) is 3.90. The highest BCUT2D eigenvalue weighted by molar-refractivity contribution is 6.30. The SMILES string of the molecule is Cc1ccccc1CNC1=[N+]2[B]n3c(N)ccc3C(c3ccc(N)cc3)=C2C=C1. The van der Waals surface area contributed by atoms with E-state index in [-0.39, 0.29) is 0 Å². The van der Waals surface area contributed by atoms with Gasteiger partial charge in [0, 0.05) is 23.0 Å². The lowest BCUT2D eigenvalue weighted by atomic mass is 9.93. The molecule has 0 unspecified atom stereocenters. The number of anilines is 2. The molecular weight excluding hydrogens is 357 g/mol. The van der Waals surface area contributed by atoms with Gasteiger partial charge in [-0.2, -0.15) is 0 Å². The summed E-state index contributed by atoms with van der Waals surface area (Å²) in [7, 11) is 2.04. The third kappa shape index (κ3) is 2.93. The molecule has 2 aromatic carbocycles. The van der Waals surface area contributed by atoms with Gasteiger partial charge in [0.1, 0.15) is 12.2 Å². The van der Waals surface area contributed by atoms with E-state index in [0.717, 1.165) is 40.6 Å². The zero-order valence-electron chi connectivity index (χ0n) is 16.3. The lowest BCUT2D eigenvalue weighted by Gasteiger charge is -2.21. The largest absolute Gasteiger partial charge is 0.553 e. The second-order valence-electron chi connectivity index (χ2n) is 7.38. The number of aromatic nitrogens is 1. The Labute approximate surface area is 170 Å². The molecule has 2 aliphatic rings. The Balaban J connectivity index is 1.58. The van der Waals surface area contributed by atoms with Crippen molar-refractivity contribution in [2.75, 3.05) is 11.5 Å². The van der Waals surface area contributed by atoms with E-state index < -0.39 is 0 Å². The molecule has 141 valence electrons. The lowest BCUT2D eigenvalue weighted by Crippen LogP contribution is -2.37. The van der Waals surface area contributed by atoms with Crippen molar-refractivity contribution in [3.05, 3.63) is 101 Å². The first-order chi connectivity index (χ1) is 14.1. The first-order valence-corrected chi connectivity index (χ1v) is 9.67. The maximum Gasteiger partial charge on any atom is 0.553 e. The molecule has 2 aliphatic heterocycles. The number of amidine groups is 1. The van der Waals surface area contributed by atoms with Gasteiger partial charge in [0.2, 0.25) is 0 Å². The van der Waals surface area contributed by atoms with Crippen LogP contribution in [0.25, 0.3) is 5.57 Å². The Hall–Kier alpha value is -3.67. The van der Waals surface area contributed by atoms with Crippen molar-refractivity contribution in [2.24, 2.45) is 0 Å². The van der Waals surface area contributed by atoms with Crippen LogP contribution < -0.4 is 16.8 Å². The molecule has 1 aromatic heterocycles. The van der Waals surface area contributed by atoms with E-state index in [9.17, 15) is 0 Å². The molecule has 3 aromatic rings. The predicted octanol–water partition coefficient (Wildman–Crippen LogP) is 2.89. The molecule has 29 heavy (non-hydrogen) atoms. The van der Waals surface area contributed by atoms with Crippen LogP contribution in [-0.4, -0.2) is 22.3 Å². The van der Waals surface area contributed by atoms with Gasteiger partial charge < -0.3 is 15.9 Å². The summed E-state index contributed by atoms with van der Waals surface area (Å²) in [4.78, 5) is 0. The lowest BCUT2D eigenvalue weighted by molar-refractivity contribution is -0.315. The summed E-state index contributed by atoms with van der Waals surface area (Å²) < 4.78 is 4.19. The molecule has 0 aliphatic carbocycles. The van der Waals surface area contributed by atoms with Crippen LogP contribution in [0.15, 0.2) is 78.5 Å². The first-order valence-electron chi connectivity index (χ1n) is 9.67. The summed E-state index contributed by atoms with van der Waals surface area (Å²) in [6.07, 6.45) is 4.26. The molecule has 0 bridgehead atoms. The van der Waals surface area contributed by atoms with E-state index in [1.54, 1.807) is 0 Å². The van der Waals surface area contributed by atoms with Crippen LogP contribution in [0.5, 0.6) is 0 Å². The summed E-state index contributed by atoms with van der Waals surface area (Å²) in [6.45, 7) is 2.89. The monoisotopic (exact) mass is 379 g/mol. The molecule has 5 N–H and O–H groups in total. The maximum absolute atomic E-state index is 6.25. The van der Waals surface area contributed by atoms with Crippen LogP contribution in [0.1, 0.15) is 22.4 Å². The quantitative estimate of drug-likeness (QED) is 0.484. The molecule has 3 heterocycles. The van der Waals surface area contributed by atoms with Gasteiger partial charge in [-0.05, 0) is 54.0 Å². The van der Waals surface area contributed by atoms with E-state index in [1.807, 2.05) is 30.2 Å². The molecule has 5 rings (SSSR count). The number of nitrogen functional groups attached to an aromatic ring is 2. The number of nitrogens with one attached hydrogen (secondary N) is 1. The molecule has 0 spiro atoms. The summed E-state index contributed by atoms with van der Waals surface area (Å²) in [5, 5.41) is 3.58. The van der Waals surface area contributed by atoms with E-state index >= 15 is 0 Å². The molecule has 0 saturated carbocycles. The van der Waals surface area contributed by atoms with Crippen molar-refractivity contribution in [1.82, 2.24) is 9.79 Å². The molecular formula is C23H22BN5+. The van der Waals surface area contributed by atoms with Crippen LogP contribution in [-0.2, 0) is 6.54 Å². The number of benzene rings is 2. The van der Waals surface area contributed by atoms with Crippen molar-refractivity contribution >= 4 is 30.5 Å². The molecule has 0 saturated heterocycles. The number of hydrogen-bond acceptors (Lipinski definition) is 3. The highest BCUT2D eigenvalue weighted by Gasteiger charge is 2.34. The topological polar surface area (TPSA) is 72.0 Å². The Morgan fingerprint density at radius 3 is 2.55 bits per heavy atom. The predicted molar refractivity (Wildman–Crippen MR) is 119 cm³/mol. The zero-order valence-corrected chi connectivity index (χ0v) is 16.3. The second-order valence-corrected chi connectivity index (χ2v) is 7.38. The number of hydrogen-bond donors (Lipinski definition) is 3. The number of allylic oxidation sites excluding steroid dienone is 1. The van der Waals surface area contributed by atoms with Crippen LogP contribution in [0, 0.1) is 6.92 Å². The third-order valence-electron chi connectivity index (χ3n) is 5.53. The zero-order chi connectivity index (χ0) is 20.0. The third-order valence-corrected chi connectivity index (χ3v) is 5.53. The normalized spacial score (nSPS) is 14.7. The van der Waals surface area contributed by atoms with Crippen LogP contribution >= 0.6 is 0 Å². The highest BCUT2D eigenvalue weighted by Crippen LogP contribution is 2.34. The van der Waals surface area contributed by atoms with Crippen LogP contribution in [0.3, 0.4) is 0 Å². The fraction of sp³-hybridized carbons (Fsp3) is 0.0870. The molecule has 6 heteroatoms. The van der Waals surface area contributed by atoms with E-state index in [4.69, 9.17) is 11.5 Å². The van der Waals surface area contributed by atoms with Gasteiger partial charge in [0.25, 0.3) is 5.84 Å². The number of nitrogens with two attached hydrogens (primary N) is 2. The fourth-order valence-electron chi connectivity index (χ4n) is 3.90. The minimum Gasteiger partial charge on any atom is -0.399 e. The summed E-state index contributed by atoms with van der Waals surface area (Å²) in [5.74, 6) is 1.73. The minimum atomic E-state index is 0.706. The Morgan fingerprint density at radius 2 is 1.76 bits per heavy atom. The molecule has 0 fully saturated rings. The molecule has 5 nitrogen and oxygen atoms in total. The highest BCUT2D eigenvalue weighted by atomic mass is 15.2. The summed E-state index contributed by atoms with van der Waals surface area (Å²) in [5.41, 5.74) is 19.9. The standard InChI is InChI=1S/C23H22BN5/c1-15-4-2-3-5-17(15)14-27-22-13-11-20-23(16-6-8-18(25)9-7-16)19-10-12-21(26)28(19)24-29(20)22/h2-13,27H,14,25-26H2,1H3/q+1. The average molecular weight is 379 g/mol. The van der Waals surface area contributed by atoms with Crippen molar-refractivity contribution in [3.63, 3.8) is 0 Å². The van der Waals surface area contributed by atoms with E-state index in [2.05, 4.69) is 71.3 Å². The van der Waals surface area contributed by atoms with Gasteiger partial charge in [0.15, 0.2) is 0 Å². The molecule has 0 amide bonds. The Bertz CT molecular complexity index is 1200. The van der Waals surface area contributed by atoms with Gasteiger partial charge >= 0.3 is 7.55 Å². The van der Waals surface area contributed by atoms with Crippen LogP contribution in [0.4, 0.5) is 11.5 Å². The number of fused-ring (bicyclic) bond motifs is 2. The van der Waals surface area contributed by atoms with Crippen molar-refractivity contribution in [3.8, 4) is 0 Å². The Morgan fingerprint density at radius 1 is 0.966 bits per heavy atom. The summed E-state index contributed by atoms with van der Waals surface area (Å²) >= 11 is 0. The van der Waals surface area contributed by atoms with Gasteiger partial charge in [-0.25, -0.2) is 0 Å². The molecule has 0 atom stereocenters. The average Bonchev–Trinajstić information content (AvgIpc) is 3.30. The van der Waals surface area contributed by atoms with Gasteiger partial charge in [0.05, 0.1) is 5.82 Å². The summed E-state index contributed by atoms with van der Waals surface area (Å²) in [6, 6.07) is 20.4. The Kier molecular flexibility index (Phi) is 4.05. The number of nitrogens with zero attached hydrogens (tertiary/aromatic N) is 2. The van der Waals surface area contributed by atoms with Crippen molar-refractivity contribution in [1.29, 1.82) is 0 Å². The van der Waals surface area contributed by atoms with Crippen molar-refractivity contribution < 1.29 is 4.49 Å². The van der Waals surface area contributed by atoms with Gasteiger partial charge in [-0.15, -0.1) is 0 Å². The maximum atomic E-state index is 6.25.